The summed E-state index contributed by atoms with van der Waals surface area (Å²) in [5.74, 6) is 0.711. The fourth-order valence-corrected chi connectivity index (χ4v) is 3.40. The first kappa shape index (κ1) is 12.8. The molecule has 0 saturated carbocycles. The molecule has 0 N–H and O–H groups in total. The molecule has 0 saturated heterocycles. The monoisotopic (exact) mass is 312 g/mol. The van der Waals surface area contributed by atoms with Crippen LogP contribution in [-0.2, 0) is 0 Å². The molecule has 0 radical (unpaired) electrons. The standard InChI is InChI=1S/C12H10Cl2N4S/c1-5-4-19-9(8(5)13)11-16-17-12-10(14)15-6(2)7(3)18(11)12/h4H,1-3H3. The van der Waals surface area contributed by atoms with Crippen molar-refractivity contribution in [3.8, 4) is 10.7 Å². The molecule has 0 bridgehead atoms. The molecule has 0 aliphatic carbocycles. The zero-order valence-electron chi connectivity index (χ0n) is 10.5. The zero-order chi connectivity index (χ0) is 13.7. The van der Waals surface area contributed by atoms with Gasteiger partial charge in [-0.2, -0.15) is 0 Å². The largest absolute Gasteiger partial charge is 0.274 e. The number of hydrogen-bond acceptors (Lipinski definition) is 4. The van der Waals surface area contributed by atoms with Crippen molar-refractivity contribution in [2.45, 2.75) is 20.8 Å². The average molecular weight is 313 g/mol. The number of rotatable bonds is 1. The summed E-state index contributed by atoms with van der Waals surface area (Å²) in [5, 5.41) is 11.4. The number of aryl methyl sites for hydroxylation is 3. The summed E-state index contributed by atoms with van der Waals surface area (Å²) in [7, 11) is 0. The highest BCUT2D eigenvalue weighted by Crippen LogP contribution is 2.36. The lowest BCUT2D eigenvalue weighted by Gasteiger charge is -2.06. The fraction of sp³-hybridized carbons (Fsp3) is 0.250. The van der Waals surface area contributed by atoms with Crippen LogP contribution in [0.4, 0.5) is 0 Å². The Morgan fingerprint density at radius 2 is 1.89 bits per heavy atom. The highest BCUT2D eigenvalue weighted by molar-refractivity contribution is 7.14. The lowest BCUT2D eigenvalue weighted by molar-refractivity contribution is 1.00. The second-order valence-corrected chi connectivity index (χ2v) is 5.93. The molecule has 0 amide bonds. The van der Waals surface area contributed by atoms with E-state index in [4.69, 9.17) is 23.2 Å². The van der Waals surface area contributed by atoms with Gasteiger partial charge in [0.25, 0.3) is 0 Å². The summed E-state index contributed by atoms with van der Waals surface area (Å²) >= 11 is 14.0. The molecule has 0 aliphatic rings. The Morgan fingerprint density at radius 1 is 1.16 bits per heavy atom. The fourth-order valence-electron chi connectivity index (χ4n) is 1.90. The summed E-state index contributed by atoms with van der Waals surface area (Å²) in [6, 6.07) is 0. The third-order valence-corrected chi connectivity index (χ3v) is 5.02. The molecule has 0 spiro atoms. The van der Waals surface area contributed by atoms with E-state index >= 15 is 0 Å². The first-order valence-electron chi connectivity index (χ1n) is 5.62. The third kappa shape index (κ3) is 1.84. The van der Waals surface area contributed by atoms with E-state index in [1.807, 2.05) is 30.6 Å². The van der Waals surface area contributed by atoms with Gasteiger partial charge in [0.05, 0.1) is 15.6 Å². The van der Waals surface area contributed by atoms with Gasteiger partial charge in [-0.15, -0.1) is 21.5 Å². The van der Waals surface area contributed by atoms with E-state index in [1.54, 1.807) is 11.3 Å². The summed E-state index contributed by atoms with van der Waals surface area (Å²) in [6.07, 6.45) is 0. The quantitative estimate of drug-likeness (QED) is 0.680. The minimum Gasteiger partial charge on any atom is -0.274 e. The lowest BCUT2D eigenvalue weighted by atomic mass is 10.3. The van der Waals surface area contributed by atoms with Gasteiger partial charge < -0.3 is 0 Å². The predicted molar refractivity (Wildman–Crippen MR) is 78.3 cm³/mol. The molecule has 0 fully saturated rings. The second kappa shape index (κ2) is 4.44. The molecule has 3 aromatic heterocycles. The topological polar surface area (TPSA) is 43.1 Å². The molecule has 3 aromatic rings. The Hall–Kier alpha value is -1.17. The summed E-state index contributed by atoms with van der Waals surface area (Å²) in [6.45, 7) is 5.84. The lowest BCUT2D eigenvalue weighted by Crippen LogP contribution is -2.00. The Kier molecular flexibility index (Phi) is 3.00. The molecular formula is C12H10Cl2N4S. The van der Waals surface area contributed by atoms with Gasteiger partial charge in [0.15, 0.2) is 16.6 Å². The summed E-state index contributed by atoms with van der Waals surface area (Å²) in [4.78, 5) is 5.15. The van der Waals surface area contributed by atoms with Gasteiger partial charge in [0.2, 0.25) is 0 Å². The molecular weight excluding hydrogens is 303 g/mol. The van der Waals surface area contributed by atoms with E-state index in [0.717, 1.165) is 21.8 Å². The van der Waals surface area contributed by atoms with Crippen molar-refractivity contribution in [2.24, 2.45) is 0 Å². The maximum atomic E-state index is 6.31. The van der Waals surface area contributed by atoms with Crippen molar-refractivity contribution >= 4 is 40.2 Å². The maximum absolute atomic E-state index is 6.31. The van der Waals surface area contributed by atoms with Crippen LogP contribution >= 0.6 is 34.5 Å². The van der Waals surface area contributed by atoms with Gasteiger partial charge in [0.1, 0.15) is 0 Å². The summed E-state index contributed by atoms with van der Waals surface area (Å²) in [5.41, 5.74) is 3.40. The van der Waals surface area contributed by atoms with Crippen LogP contribution in [0.5, 0.6) is 0 Å². The first-order chi connectivity index (χ1) is 9.00. The van der Waals surface area contributed by atoms with Crippen LogP contribution in [-0.4, -0.2) is 19.6 Å². The molecule has 0 atom stereocenters. The van der Waals surface area contributed by atoms with Gasteiger partial charge in [-0.1, -0.05) is 23.2 Å². The van der Waals surface area contributed by atoms with Crippen molar-refractivity contribution < 1.29 is 0 Å². The van der Waals surface area contributed by atoms with Crippen molar-refractivity contribution in [1.29, 1.82) is 0 Å². The van der Waals surface area contributed by atoms with Gasteiger partial charge in [0, 0.05) is 5.69 Å². The first-order valence-corrected chi connectivity index (χ1v) is 7.26. The molecule has 0 aliphatic heterocycles. The van der Waals surface area contributed by atoms with Crippen LogP contribution in [0.1, 0.15) is 17.0 Å². The van der Waals surface area contributed by atoms with Gasteiger partial charge >= 0.3 is 0 Å². The number of aromatic nitrogens is 4. The molecule has 4 nitrogen and oxygen atoms in total. The molecule has 0 aromatic carbocycles. The van der Waals surface area contributed by atoms with Crippen LogP contribution in [0.25, 0.3) is 16.3 Å². The Balaban J connectivity index is 2.40. The minimum absolute atomic E-state index is 0.353. The van der Waals surface area contributed by atoms with Gasteiger partial charge in [-0.25, -0.2) is 4.98 Å². The van der Waals surface area contributed by atoms with Crippen LogP contribution in [0.15, 0.2) is 5.38 Å². The van der Waals surface area contributed by atoms with Crippen molar-refractivity contribution in [3.05, 3.63) is 32.5 Å². The smallest absolute Gasteiger partial charge is 0.199 e. The number of hydrogen-bond donors (Lipinski definition) is 0. The van der Waals surface area contributed by atoms with Gasteiger partial charge in [-0.05, 0) is 31.7 Å². The van der Waals surface area contributed by atoms with Crippen molar-refractivity contribution in [1.82, 2.24) is 19.6 Å². The molecule has 0 unspecified atom stereocenters. The van der Waals surface area contributed by atoms with Crippen LogP contribution in [0, 0.1) is 20.8 Å². The molecule has 3 heterocycles. The van der Waals surface area contributed by atoms with E-state index in [0.29, 0.717) is 21.6 Å². The minimum atomic E-state index is 0.353. The number of halogens is 2. The van der Waals surface area contributed by atoms with Crippen molar-refractivity contribution in [2.75, 3.05) is 0 Å². The average Bonchev–Trinajstić information content (AvgIpc) is 2.93. The van der Waals surface area contributed by atoms with E-state index in [-0.39, 0.29) is 0 Å². The van der Waals surface area contributed by atoms with Crippen LogP contribution in [0.2, 0.25) is 10.2 Å². The molecule has 98 valence electrons. The Labute approximate surface area is 124 Å². The Bertz CT molecular complexity index is 791. The summed E-state index contributed by atoms with van der Waals surface area (Å²) < 4.78 is 1.90. The van der Waals surface area contributed by atoms with Crippen molar-refractivity contribution in [3.63, 3.8) is 0 Å². The third-order valence-electron chi connectivity index (χ3n) is 3.07. The normalized spacial score (nSPS) is 11.4. The van der Waals surface area contributed by atoms with Crippen LogP contribution < -0.4 is 0 Å². The number of fused-ring (bicyclic) bond motifs is 1. The van der Waals surface area contributed by atoms with Gasteiger partial charge in [-0.3, -0.25) is 4.40 Å². The number of thiophene rings is 1. The highest BCUT2D eigenvalue weighted by Gasteiger charge is 2.19. The number of nitrogens with zero attached hydrogens (tertiary/aromatic N) is 4. The molecule has 3 rings (SSSR count). The molecule has 7 heteroatoms. The SMILES string of the molecule is Cc1csc(-c2nnc3c(Cl)nc(C)c(C)n23)c1Cl. The Morgan fingerprint density at radius 3 is 2.53 bits per heavy atom. The van der Waals surface area contributed by atoms with E-state index in [1.165, 1.54) is 0 Å². The second-order valence-electron chi connectivity index (χ2n) is 4.32. The predicted octanol–water partition coefficient (Wildman–Crippen LogP) is 4.08. The zero-order valence-corrected chi connectivity index (χ0v) is 12.9. The van der Waals surface area contributed by atoms with E-state index in [9.17, 15) is 0 Å². The highest BCUT2D eigenvalue weighted by atomic mass is 35.5. The van der Waals surface area contributed by atoms with Crippen LogP contribution in [0.3, 0.4) is 0 Å². The molecule has 19 heavy (non-hydrogen) atoms. The maximum Gasteiger partial charge on any atom is 0.199 e. The van der Waals surface area contributed by atoms with E-state index in [2.05, 4.69) is 15.2 Å². The van der Waals surface area contributed by atoms with E-state index < -0.39 is 0 Å².